The van der Waals surface area contributed by atoms with E-state index in [2.05, 4.69) is 5.32 Å². The Labute approximate surface area is 51.3 Å². The summed E-state index contributed by atoms with van der Waals surface area (Å²) in [5.74, 6) is 0.383. The molecule has 3 N–H and O–H groups in total. The highest BCUT2D eigenvalue weighted by atomic mass is 32.2. The first-order chi connectivity index (χ1) is 3.80. The number of nitrogens with two attached hydrogens (primary N) is 1. The Morgan fingerprint density at radius 2 is 2.75 bits per heavy atom. The van der Waals surface area contributed by atoms with Gasteiger partial charge in [-0.05, 0) is 0 Å². The zero-order valence-corrected chi connectivity index (χ0v) is 4.99. The van der Waals surface area contributed by atoms with Crippen molar-refractivity contribution < 1.29 is 4.79 Å². The molecule has 0 fully saturated rings. The van der Waals surface area contributed by atoms with Crippen LogP contribution in [0.5, 0.6) is 0 Å². The topological polar surface area (TPSA) is 55.1 Å². The van der Waals surface area contributed by atoms with E-state index in [0.29, 0.717) is 5.70 Å². The van der Waals surface area contributed by atoms with E-state index in [1.165, 1.54) is 11.8 Å². The van der Waals surface area contributed by atoms with Gasteiger partial charge in [-0.1, -0.05) is 0 Å². The summed E-state index contributed by atoms with van der Waals surface area (Å²) in [4.78, 5) is 10.3. The number of primary amides is 1. The van der Waals surface area contributed by atoms with Crippen LogP contribution < -0.4 is 11.1 Å². The number of thioether (sulfide) groups is 1. The molecule has 1 amide bonds. The van der Waals surface area contributed by atoms with Crippen LogP contribution in [0.15, 0.2) is 11.1 Å². The van der Waals surface area contributed by atoms with Gasteiger partial charge in [-0.3, -0.25) is 4.79 Å². The second kappa shape index (κ2) is 2.09. The Hall–Kier alpha value is -0.640. The van der Waals surface area contributed by atoms with Gasteiger partial charge in [-0.25, -0.2) is 0 Å². The number of carbonyl (C=O) groups is 1. The fourth-order valence-corrected chi connectivity index (χ4v) is 1.12. The van der Waals surface area contributed by atoms with Crippen LogP contribution in [0, 0.1) is 0 Å². The van der Waals surface area contributed by atoms with Crippen molar-refractivity contribution in [1.29, 1.82) is 0 Å². The third-order valence-corrected chi connectivity index (χ3v) is 1.53. The molecule has 0 aromatic heterocycles. The molecule has 3 nitrogen and oxygen atoms in total. The maximum atomic E-state index is 10.3. The van der Waals surface area contributed by atoms with Gasteiger partial charge in [-0.2, -0.15) is 0 Å². The lowest BCUT2D eigenvalue weighted by atomic mass is 10.5. The van der Waals surface area contributed by atoms with E-state index < -0.39 is 0 Å². The minimum atomic E-state index is -0.380. The summed E-state index contributed by atoms with van der Waals surface area (Å²) in [6.07, 6.45) is 0. The molecule has 1 aliphatic rings. The SMILES string of the molecule is NC(=O)C1=CSCN1. The second-order valence-electron chi connectivity index (χ2n) is 1.38. The molecule has 1 aliphatic heterocycles. The highest BCUT2D eigenvalue weighted by molar-refractivity contribution is 8.02. The Bertz CT molecular complexity index is 143. The number of hydrogen-bond acceptors (Lipinski definition) is 3. The molecule has 1 rings (SSSR count). The van der Waals surface area contributed by atoms with Crippen molar-refractivity contribution in [1.82, 2.24) is 5.32 Å². The van der Waals surface area contributed by atoms with E-state index in [4.69, 9.17) is 5.73 Å². The Balaban J connectivity index is 2.57. The monoisotopic (exact) mass is 130 g/mol. The normalized spacial score (nSPS) is 17.2. The highest BCUT2D eigenvalue weighted by Gasteiger charge is 2.07. The molecule has 44 valence electrons. The molecule has 8 heavy (non-hydrogen) atoms. The Morgan fingerprint density at radius 1 is 2.00 bits per heavy atom. The molecule has 0 aliphatic carbocycles. The van der Waals surface area contributed by atoms with Crippen LogP contribution in [-0.4, -0.2) is 11.8 Å². The van der Waals surface area contributed by atoms with Crippen molar-refractivity contribution in [2.75, 3.05) is 5.88 Å². The predicted octanol–water partition coefficient (Wildman–Crippen LogP) is -0.393. The third-order valence-electron chi connectivity index (χ3n) is 0.813. The van der Waals surface area contributed by atoms with Gasteiger partial charge in [0, 0.05) is 5.41 Å². The molecule has 0 spiro atoms. The lowest BCUT2D eigenvalue weighted by Gasteiger charge is -1.92. The first kappa shape index (κ1) is 5.50. The number of rotatable bonds is 1. The fourth-order valence-electron chi connectivity index (χ4n) is 0.431. The van der Waals surface area contributed by atoms with Crippen LogP contribution in [0.2, 0.25) is 0 Å². The summed E-state index contributed by atoms with van der Waals surface area (Å²) >= 11 is 1.54. The van der Waals surface area contributed by atoms with Crippen molar-refractivity contribution in [2.24, 2.45) is 5.73 Å². The van der Waals surface area contributed by atoms with Crippen LogP contribution in [0.3, 0.4) is 0 Å². The van der Waals surface area contributed by atoms with E-state index in [1.54, 1.807) is 5.41 Å². The van der Waals surface area contributed by atoms with E-state index in [-0.39, 0.29) is 5.91 Å². The zero-order valence-electron chi connectivity index (χ0n) is 4.18. The maximum Gasteiger partial charge on any atom is 0.265 e. The van der Waals surface area contributed by atoms with Crippen molar-refractivity contribution in [3.63, 3.8) is 0 Å². The highest BCUT2D eigenvalue weighted by Crippen LogP contribution is 2.10. The van der Waals surface area contributed by atoms with E-state index >= 15 is 0 Å². The van der Waals surface area contributed by atoms with Gasteiger partial charge in [0.2, 0.25) is 0 Å². The summed E-state index contributed by atoms with van der Waals surface area (Å²) in [5, 5.41) is 4.53. The summed E-state index contributed by atoms with van der Waals surface area (Å²) in [6, 6.07) is 0. The third kappa shape index (κ3) is 0.949. The molecule has 0 saturated heterocycles. The van der Waals surface area contributed by atoms with Crippen LogP contribution in [-0.2, 0) is 4.79 Å². The van der Waals surface area contributed by atoms with Crippen LogP contribution in [0.4, 0.5) is 0 Å². The molecule has 0 aromatic carbocycles. The Morgan fingerprint density at radius 3 is 3.00 bits per heavy atom. The lowest BCUT2D eigenvalue weighted by Crippen LogP contribution is -2.22. The molecule has 0 saturated carbocycles. The number of carbonyl (C=O) groups excluding carboxylic acids is 1. The molecular formula is C4H6N2OS. The predicted molar refractivity (Wildman–Crippen MR) is 32.9 cm³/mol. The van der Waals surface area contributed by atoms with Crippen LogP contribution >= 0.6 is 11.8 Å². The molecule has 0 radical (unpaired) electrons. The molecule has 0 unspecified atom stereocenters. The Kier molecular flexibility index (Phi) is 1.43. The van der Waals surface area contributed by atoms with Crippen molar-refractivity contribution in [3.8, 4) is 0 Å². The van der Waals surface area contributed by atoms with E-state index in [1.807, 2.05) is 0 Å². The minimum absolute atomic E-state index is 0.380. The molecule has 4 heteroatoms. The van der Waals surface area contributed by atoms with Gasteiger partial charge in [0.25, 0.3) is 5.91 Å². The number of hydrogen-bond donors (Lipinski definition) is 2. The van der Waals surface area contributed by atoms with Crippen molar-refractivity contribution >= 4 is 17.7 Å². The molecule has 0 atom stereocenters. The van der Waals surface area contributed by atoms with Gasteiger partial charge in [0.15, 0.2) is 0 Å². The molecule has 0 aromatic rings. The second-order valence-corrected chi connectivity index (χ2v) is 2.24. The lowest BCUT2D eigenvalue weighted by molar-refractivity contribution is -0.114. The quantitative estimate of drug-likeness (QED) is 0.508. The number of nitrogens with one attached hydrogen (secondary N) is 1. The van der Waals surface area contributed by atoms with Gasteiger partial charge in [-0.15, -0.1) is 11.8 Å². The molecule has 1 heterocycles. The first-order valence-corrected chi connectivity index (χ1v) is 3.21. The van der Waals surface area contributed by atoms with E-state index in [9.17, 15) is 4.79 Å². The first-order valence-electron chi connectivity index (χ1n) is 2.16. The summed E-state index contributed by atoms with van der Waals surface area (Å²) < 4.78 is 0. The van der Waals surface area contributed by atoms with Gasteiger partial charge >= 0.3 is 0 Å². The zero-order chi connectivity index (χ0) is 5.98. The average Bonchev–Trinajstić information content (AvgIpc) is 2.12. The summed E-state index contributed by atoms with van der Waals surface area (Å²) in [7, 11) is 0. The smallest absolute Gasteiger partial charge is 0.265 e. The summed E-state index contributed by atoms with van der Waals surface area (Å²) in [6.45, 7) is 0. The fraction of sp³-hybridized carbons (Fsp3) is 0.250. The maximum absolute atomic E-state index is 10.3. The van der Waals surface area contributed by atoms with E-state index in [0.717, 1.165) is 5.88 Å². The summed E-state index contributed by atoms with van der Waals surface area (Å²) in [5.41, 5.74) is 5.44. The minimum Gasteiger partial charge on any atom is -0.371 e. The van der Waals surface area contributed by atoms with Gasteiger partial charge in [0.05, 0.1) is 5.88 Å². The standard InChI is InChI=1S/C4H6N2OS/c5-4(7)3-1-8-2-6-3/h1,6H,2H2,(H2,5,7). The van der Waals surface area contributed by atoms with Gasteiger partial charge in [0.1, 0.15) is 5.70 Å². The molecule has 0 bridgehead atoms. The van der Waals surface area contributed by atoms with Crippen LogP contribution in [0.25, 0.3) is 0 Å². The largest absolute Gasteiger partial charge is 0.371 e. The van der Waals surface area contributed by atoms with Crippen molar-refractivity contribution in [2.45, 2.75) is 0 Å². The van der Waals surface area contributed by atoms with Crippen molar-refractivity contribution in [3.05, 3.63) is 11.1 Å². The van der Waals surface area contributed by atoms with Crippen LogP contribution in [0.1, 0.15) is 0 Å². The number of amides is 1. The van der Waals surface area contributed by atoms with Gasteiger partial charge < -0.3 is 11.1 Å². The average molecular weight is 130 g/mol. The molecular weight excluding hydrogens is 124 g/mol.